The lowest BCUT2D eigenvalue weighted by Gasteiger charge is -2.39. The largest absolute Gasteiger partial charge is 0.347 e. The number of likely N-dealkylation sites (tertiary alicyclic amines) is 2. The van der Waals surface area contributed by atoms with Gasteiger partial charge in [0.2, 0.25) is 5.91 Å². The molecule has 3 saturated heterocycles. The van der Waals surface area contributed by atoms with Gasteiger partial charge in [-0.3, -0.25) is 19.9 Å². The normalized spacial score (nSPS) is 27.5. The number of hydrogen-bond donors (Lipinski definition) is 3. The summed E-state index contributed by atoms with van der Waals surface area (Å²) >= 11 is 0. The molecule has 9 heteroatoms. The molecule has 3 N–H and O–H groups in total. The molecule has 3 aliphatic heterocycles. The summed E-state index contributed by atoms with van der Waals surface area (Å²) in [5, 5.41) is 8.25. The van der Waals surface area contributed by atoms with Crippen LogP contribution in [0.3, 0.4) is 0 Å². The third-order valence-electron chi connectivity index (χ3n) is 5.75. The Bertz CT molecular complexity index is 608. The van der Waals surface area contributed by atoms with Crippen LogP contribution in [0.2, 0.25) is 0 Å². The number of amides is 4. The Morgan fingerprint density at radius 3 is 2.38 bits per heavy atom. The molecule has 0 saturated carbocycles. The van der Waals surface area contributed by atoms with Gasteiger partial charge in [-0.2, -0.15) is 0 Å². The van der Waals surface area contributed by atoms with Gasteiger partial charge >= 0.3 is 6.03 Å². The molecule has 9 nitrogen and oxygen atoms in total. The summed E-state index contributed by atoms with van der Waals surface area (Å²) in [6.45, 7) is 5.17. The van der Waals surface area contributed by atoms with Crippen LogP contribution in [0.15, 0.2) is 4.99 Å². The number of urea groups is 1. The van der Waals surface area contributed by atoms with Crippen LogP contribution in [0, 0.1) is 5.92 Å². The second-order valence-corrected chi connectivity index (χ2v) is 7.36. The van der Waals surface area contributed by atoms with Crippen molar-refractivity contribution in [3.63, 3.8) is 0 Å². The number of nitrogens with one attached hydrogen (secondary N) is 3. The number of piperidine rings is 1. The minimum atomic E-state index is -0.841. The number of hydrogen-bond acceptors (Lipinski definition) is 4. The van der Waals surface area contributed by atoms with Crippen LogP contribution in [-0.2, 0) is 9.59 Å². The zero-order chi connectivity index (χ0) is 18.7. The lowest BCUT2D eigenvalue weighted by atomic mass is 9.79. The van der Waals surface area contributed by atoms with Gasteiger partial charge in [-0.1, -0.05) is 0 Å². The Morgan fingerprint density at radius 2 is 1.85 bits per heavy atom. The van der Waals surface area contributed by atoms with Crippen LogP contribution >= 0.6 is 0 Å². The van der Waals surface area contributed by atoms with Crippen molar-refractivity contribution in [2.24, 2.45) is 10.9 Å². The number of guanidine groups is 1. The molecule has 3 heterocycles. The monoisotopic (exact) mass is 364 g/mol. The van der Waals surface area contributed by atoms with Gasteiger partial charge in [-0.15, -0.1) is 0 Å². The lowest BCUT2D eigenvalue weighted by Crippen LogP contribution is -2.55. The summed E-state index contributed by atoms with van der Waals surface area (Å²) in [5.41, 5.74) is -0.841. The van der Waals surface area contributed by atoms with Crippen LogP contribution in [0.4, 0.5) is 4.79 Å². The summed E-state index contributed by atoms with van der Waals surface area (Å²) in [4.78, 5) is 44.0. The molecule has 0 aromatic carbocycles. The van der Waals surface area contributed by atoms with Crippen molar-refractivity contribution < 1.29 is 14.4 Å². The molecular weight excluding hydrogens is 336 g/mol. The predicted molar refractivity (Wildman–Crippen MR) is 96.6 cm³/mol. The average Bonchev–Trinajstić information content (AvgIpc) is 3.25. The first-order chi connectivity index (χ1) is 12.4. The molecule has 0 spiro atoms. The van der Waals surface area contributed by atoms with Gasteiger partial charge in [0.1, 0.15) is 5.54 Å². The van der Waals surface area contributed by atoms with Gasteiger partial charge in [-0.25, -0.2) is 4.79 Å². The second-order valence-electron chi connectivity index (χ2n) is 7.36. The highest BCUT2D eigenvalue weighted by Crippen LogP contribution is 2.30. The summed E-state index contributed by atoms with van der Waals surface area (Å²) < 4.78 is 0. The van der Waals surface area contributed by atoms with Crippen molar-refractivity contribution in [2.75, 3.05) is 39.8 Å². The predicted octanol–water partition coefficient (Wildman–Crippen LogP) is -0.506. The maximum absolute atomic E-state index is 12.2. The quantitative estimate of drug-likeness (QED) is 0.355. The van der Waals surface area contributed by atoms with E-state index in [0.717, 1.165) is 51.9 Å². The van der Waals surface area contributed by atoms with Gasteiger partial charge in [0, 0.05) is 33.2 Å². The summed E-state index contributed by atoms with van der Waals surface area (Å²) in [6, 6.07) is -0.419. The Morgan fingerprint density at radius 1 is 1.19 bits per heavy atom. The van der Waals surface area contributed by atoms with Gasteiger partial charge < -0.3 is 20.4 Å². The molecule has 0 aromatic heterocycles. The van der Waals surface area contributed by atoms with Gasteiger partial charge in [0.25, 0.3) is 5.91 Å². The van der Waals surface area contributed by atoms with Crippen molar-refractivity contribution in [1.29, 1.82) is 0 Å². The maximum Gasteiger partial charge on any atom is 0.322 e. The molecule has 1 atom stereocenters. The number of aliphatic imine (C=N–C) groups is 1. The SMILES string of the molecule is CN=C(NCC(=O)N1CCCC1)N1CCC(C2(C)NC(=O)NC2=O)CC1. The molecule has 26 heavy (non-hydrogen) atoms. The standard InChI is InChI=1S/C17H28N6O3/c1-17(14(25)20-16(26)21-17)12-5-9-23(10-6-12)15(18-2)19-11-13(24)22-7-3-4-8-22/h12H,3-11H2,1-2H3,(H,18,19)(H2,20,21,25,26). The van der Waals surface area contributed by atoms with E-state index in [2.05, 4.69) is 25.8 Å². The third-order valence-corrected chi connectivity index (χ3v) is 5.75. The first-order valence-electron chi connectivity index (χ1n) is 9.31. The fraction of sp³-hybridized carbons (Fsp3) is 0.765. The average molecular weight is 364 g/mol. The molecule has 1 unspecified atom stereocenters. The van der Waals surface area contributed by atoms with Crippen molar-refractivity contribution >= 4 is 23.8 Å². The van der Waals surface area contributed by atoms with Gasteiger partial charge in [0.15, 0.2) is 5.96 Å². The number of carbonyl (C=O) groups excluding carboxylic acids is 3. The van der Waals surface area contributed by atoms with Crippen molar-refractivity contribution in [3.8, 4) is 0 Å². The molecular formula is C17H28N6O3. The van der Waals surface area contributed by atoms with E-state index in [-0.39, 0.29) is 24.3 Å². The van der Waals surface area contributed by atoms with E-state index in [9.17, 15) is 14.4 Å². The van der Waals surface area contributed by atoms with Crippen molar-refractivity contribution in [1.82, 2.24) is 25.8 Å². The van der Waals surface area contributed by atoms with Gasteiger partial charge in [0.05, 0.1) is 6.54 Å². The zero-order valence-electron chi connectivity index (χ0n) is 15.5. The molecule has 144 valence electrons. The maximum atomic E-state index is 12.2. The number of carbonyl (C=O) groups is 3. The zero-order valence-corrected chi connectivity index (χ0v) is 15.5. The fourth-order valence-corrected chi connectivity index (χ4v) is 4.08. The minimum absolute atomic E-state index is 0.0783. The molecule has 0 aromatic rings. The Kier molecular flexibility index (Phi) is 5.33. The van der Waals surface area contributed by atoms with E-state index in [0.29, 0.717) is 5.96 Å². The highest BCUT2D eigenvalue weighted by atomic mass is 16.2. The van der Waals surface area contributed by atoms with E-state index in [4.69, 9.17) is 0 Å². The fourth-order valence-electron chi connectivity index (χ4n) is 4.08. The number of rotatable bonds is 3. The topological polar surface area (TPSA) is 106 Å². The third kappa shape index (κ3) is 3.61. The van der Waals surface area contributed by atoms with Crippen LogP contribution in [0.1, 0.15) is 32.6 Å². The Hall–Kier alpha value is -2.32. The van der Waals surface area contributed by atoms with E-state index in [1.54, 1.807) is 14.0 Å². The van der Waals surface area contributed by atoms with Crippen LogP contribution in [0.5, 0.6) is 0 Å². The first-order valence-corrected chi connectivity index (χ1v) is 9.31. The first kappa shape index (κ1) is 18.5. The van der Waals surface area contributed by atoms with Crippen LogP contribution in [-0.4, -0.2) is 78.9 Å². The molecule has 0 bridgehead atoms. The van der Waals surface area contributed by atoms with E-state index >= 15 is 0 Å². The minimum Gasteiger partial charge on any atom is -0.347 e. The molecule has 3 aliphatic rings. The Labute approximate surface area is 153 Å². The highest BCUT2D eigenvalue weighted by Gasteiger charge is 2.48. The van der Waals surface area contributed by atoms with Gasteiger partial charge in [-0.05, 0) is 38.5 Å². The molecule has 3 rings (SSSR count). The highest BCUT2D eigenvalue weighted by molar-refractivity contribution is 6.07. The van der Waals surface area contributed by atoms with Crippen molar-refractivity contribution in [3.05, 3.63) is 0 Å². The molecule has 3 fully saturated rings. The molecule has 4 amide bonds. The van der Waals surface area contributed by atoms with Crippen LogP contribution in [0.25, 0.3) is 0 Å². The summed E-state index contributed by atoms with van der Waals surface area (Å²) in [6.07, 6.45) is 3.70. The smallest absolute Gasteiger partial charge is 0.322 e. The summed E-state index contributed by atoms with van der Waals surface area (Å²) in [7, 11) is 1.71. The Balaban J connectivity index is 1.50. The van der Waals surface area contributed by atoms with Crippen molar-refractivity contribution in [2.45, 2.75) is 38.1 Å². The van der Waals surface area contributed by atoms with E-state index in [1.165, 1.54) is 0 Å². The lowest BCUT2D eigenvalue weighted by molar-refractivity contribution is -0.129. The molecule has 0 radical (unpaired) electrons. The number of nitrogens with zero attached hydrogens (tertiary/aromatic N) is 3. The second kappa shape index (κ2) is 7.51. The van der Waals surface area contributed by atoms with E-state index in [1.807, 2.05) is 4.90 Å². The molecule has 0 aliphatic carbocycles. The van der Waals surface area contributed by atoms with Crippen LogP contribution < -0.4 is 16.0 Å². The number of imide groups is 1. The van der Waals surface area contributed by atoms with E-state index < -0.39 is 11.6 Å². The summed E-state index contributed by atoms with van der Waals surface area (Å²) in [5.74, 6) is 0.645.